The summed E-state index contributed by atoms with van der Waals surface area (Å²) in [5, 5.41) is 41.3. The van der Waals surface area contributed by atoms with E-state index in [1.807, 2.05) is 10.6 Å². The quantitative estimate of drug-likeness (QED) is 0.0984. The zero-order valence-electron chi connectivity index (χ0n) is 17.6. The van der Waals surface area contributed by atoms with E-state index >= 15 is 0 Å². The van der Waals surface area contributed by atoms with Crippen LogP contribution in [0.25, 0.3) is 0 Å². The van der Waals surface area contributed by atoms with Gasteiger partial charge in [0.05, 0.1) is 25.3 Å². The first-order valence-corrected chi connectivity index (χ1v) is 9.47. The van der Waals surface area contributed by atoms with E-state index in [2.05, 4.69) is 0 Å². The molecule has 0 aromatic heterocycles. The van der Waals surface area contributed by atoms with Crippen molar-refractivity contribution in [2.24, 2.45) is 11.5 Å². The molecule has 0 rings (SSSR count). The Balaban J connectivity index is 5.54. The number of carboxylic acids is 4. The van der Waals surface area contributed by atoms with Crippen LogP contribution in [0.2, 0.25) is 0 Å². The number of hydrogen-bond acceptors (Lipinski definition) is 9. The number of carboxylic acid groups (broad SMARTS) is 4. The standard InChI is InChI=1S/C17H25N5O12/c18-6(1-2-10(19)23)14(30)20-7(3-11(24)25)15(31)21-8(4-12(26)27)16(32)22-9(17(33)34)5-13(28)29/h6-9H,1-5,18H2,(H2,19,23)(H,20,30)(H,21,31)(H,22,32)(H,24,25)(H,26,27)(H,28,29)(H,33,34). The number of carbonyl (C=O) groups excluding carboxylic acids is 4. The Bertz CT molecular complexity index is 845. The maximum atomic E-state index is 12.5. The topological polar surface area (TPSA) is 306 Å². The van der Waals surface area contributed by atoms with E-state index < -0.39 is 90.9 Å². The molecule has 17 nitrogen and oxygen atoms in total. The summed E-state index contributed by atoms with van der Waals surface area (Å²) in [4.78, 5) is 91.8. The first kappa shape index (κ1) is 29.7. The Morgan fingerprint density at radius 2 is 0.971 bits per heavy atom. The van der Waals surface area contributed by atoms with Crippen LogP contribution in [0, 0.1) is 0 Å². The zero-order chi connectivity index (χ0) is 26.6. The highest BCUT2D eigenvalue weighted by atomic mass is 16.4. The second-order valence-electron chi connectivity index (χ2n) is 6.93. The van der Waals surface area contributed by atoms with Gasteiger partial charge in [0.25, 0.3) is 0 Å². The van der Waals surface area contributed by atoms with Crippen molar-refractivity contribution in [3.63, 3.8) is 0 Å². The summed E-state index contributed by atoms with van der Waals surface area (Å²) in [6.45, 7) is 0. The summed E-state index contributed by atoms with van der Waals surface area (Å²) >= 11 is 0. The van der Waals surface area contributed by atoms with E-state index in [9.17, 15) is 38.4 Å². The Morgan fingerprint density at radius 3 is 1.32 bits per heavy atom. The summed E-state index contributed by atoms with van der Waals surface area (Å²) in [6.07, 6.45) is -3.68. The van der Waals surface area contributed by atoms with Gasteiger partial charge in [-0.3, -0.25) is 33.6 Å². The number of hydrogen-bond donors (Lipinski definition) is 9. The summed E-state index contributed by atoms with van der Waals surface area (Å²) in [7, 11) is 0. The minimum atomic E-state index is -1.96. The Labute approximate surface area is 190 Å². The summed E-state index contributed by atoms with van der Waals surface area (Å²) < 4.78 is 0. The van der Waals surface area contributed by atoms with Gasteiger partial charge in [0.15, 0.2) is 0 Å². The molecule has 0 aliphatic heterocycles. The van der Waals surface area contributed by atoms with Crippen molar-refractivity contribution in [3.05, 3.63) is 0 Å². The van der Waals surface area contributed by atoms with Crippen LogP contribution in [0.4, 0.5) is 0 Å². The van der Waals surface area contributed by atoms with E-state index in [1.165, 1.54) is 0 Å². The van der Waals surface area contributed by atoms with E-state index in [-0.39, 0.29) is 12.8 Å². The number of nitrogens with two attached hydrogens (primary N) is 2. The maximum absolute atomic E-state index is 12.5. The third-order valence-electron chi connectivity index (χ3n) is 4.06. The fourth-order valence-electron chi connectivity index (χ4n) is 2.39. The lowest BCUT2D eigenvalue weighted by Gasteiger charge is -2.23. The van der Waals surface area contributed by atoms with Gasteiger partial charge in [-0.05, 0) is 6.42 Å². The van der Waals surface area contributed by atoms with Crippen LogP contribution < -0.4 is 27.4 Å². The van der Waals surface area contributed by atoms with Crippen LogP contribution in [-0.4, -0.2) is 92.1 Å². The molecule has 0 saturated carbocycles. The van der Waals surface area contributed by atoms with Crippen LogP contribution in [0.1, 0.15) is 32.1 Å². The Hall–Kier alpha value is -4.28. The molecule has 17 heteroatoms. The largest absolute Gasteiger partial charge is 0.481 e. The Kier molecular flexibility index (Phi) is 12.2. The molecule has 34 heavy (non-hydrogen) atoms. The average Bonchev–Trinajstić information content (AvgIpc) is 2.68. The number of rotatable bonds is 16. The predicted octanol–water partition coefficient (Wildman–Crippen LogP) is -4.46. The first-order valence-electron chi connectivity index (χ1n) is 9.47. The van der Waals surface area contributed by atoms with Crippen molar-refractivity contribution in [2.75, 3.05) is 0 Å². The lowest BCUT2D eigenvalue weighted by Crippen LogP contribution is -2.58. The number of primary amides is 1. The van der Waals surface area contributed by atoms with Gasteiger partial charge in [0.1, 0.15) is 18.1 Å². The van der Waals surface area contributed by atoms with Gasteiger partial charge in [-0.1, -0.05) is 0 Å². The molecule has 0 bridgehead atoms. The van der Waals surface area contributed by atoms with Gasteiger partial charge in [0.2, 0.25) is 23.6 Å². The van der Waals surface area contributed by atoms with E-state index in [0.29, 0.717) is 0 Å². The van der Waals surface area contributed by atoms with E-state index in [4.69, 9.17) is 31.9 Å². The highest BCUT2D eigenvalue weighted by Gasteiger charge is 2.33. The normalized spacial score (nSPS) is 13.9. The average molecular weight is 491 g/mol. The number of aliphatic carboxylic acids is 4. The van der Waals surface area contributed by atoms with Gasteiger partial charge in [0, 0.05) is 6.42 Å². The number of amides is 4. The molecule has 0 aliphatic carbocycles. The molecule has 0 aromatic rings. The molecule has 0 aromatic carbocycles. The molecule has 4 atom stereocenters. The zero-order valence-corrected chi connectivity index (χ0v) is 17.6. The molecular weight excluding hydrogens is 466 g/mol. The van der Waals surface area contributed by atoms with Gasteiger partial charge in [-0.2, -0.15) is 0 Å². The molecule has 0 heterocycles. The number of carbonyl (C=O) groups is 8. The lowest BCUT2D eigenvalue weighted by atomic mass is 10.1. The molecule has 0 spiro atoms. The molecule has 4 unspecified atom stereocenters. The van der Waals surface area contributed by atoms with Gasteiger partial charge < -0.3 is 47.8 Å². The molecule has 0 saturated heterocycles. The van der Waals surface area contributed by atoms with Crippen molar-refractivity contribution >= 4 is 47.5 Å². The molecule has 190 valence electrons. The molecule has 11 N–H and O–H groups in total. The lowest BCUT2D eigenvalue weighted by molar-refractivity contribution is -0.148. The summed E-state index contributed by atoms with van der Waals surface area (Å²) in [5.41, 5.74) is 10.5. The highest BCUT2D eigenvalue weighted by molar-refractivity contribution is 5.97. The first-order chi connectivity index (χ1) is 15.6. The number of nitrogens with one attached hydrogen (secondary N) is 3. The monoisotopic (exact) mass is 491 g/mol. The van der Waals surface area contributed by atoms with Crippen LogP contribution in [0.15, 0.2) is 0 Å². The van der Waals surface area contributed by atoms with Crippen LogP contribution in [0.5, 0.6) is 0 Å². The van der Waals surface area contributed by atoms with Gasteiger partial charge >= 0.3 is 23.9 Å². The smallest absolute Gasteiger partial charge is 0.326 e. The van der Waals surface area contributed by atoms with Crippen molar-refractivity contribution in [1.82, 2.24) is 16.0 Å². The van der Waals surface area contributed by atoms with Crippen LogP contribution in [0.3, 0.4) is 0 Å². The van der Waals surface area contributed by atoms with Crippen molar-refractivity contribution in [2.45, 2.75) is 56.3 Å². The van der Waals surface area contributed by atoms with Crippen LogP contribution in [-0.2, 0) is 38.4 Å². The van der Waals surface area contributed by atoms with E-state index in [1.54, 1.807) is 5.32 Å². The fourth-order valence-corrected chi connectivity index (χ4v) is 2.39. The van der Waals surface area contributed by atoms with Crippen molar-refractivity contribution in [3.8, 4) is 0 Å². The predicted molar refractivity (Wildman–Crippen MR) is 107 cm³/mol. The highest BCUT2D eigenvalue weighted by Crippen LogP contribution is 2.03. The molecule has 0 aliphatic rings. The SMILES string of the molecule is NC(=O)CCC(N)C(=O)NC(CC(=O)O)C(=O)NC(CC(=O)O)C(=O)NC(CC(=O)O)C(=O)O. The fraction of sp³-hybridized carbons (Fsp3) is 0.529. The third-order valence-corrected chi connectivity index (χ3v) is 4.06. The minimum Gasteiger partial charge on any atom is -0.481 e. The molecular formula is C17H25N5O12. The molecule has 0 fully saturated rings. The van der Waals surface area contributed by atoms with Gasteiger partial charge in [-0.25, -0.2) is 4.79 Å². The molecule has 4 amide bonds. The van der Waals surface area contributed by atoms with E-state index in [0.717, 1.165) is 0 Å². The second kappa shape index (κ2) is 14.0. The molecule has 0 radical (unpaired) electrons. The Morgan fingerprint density at radius 1 is 0.618 bits per heavy atom. The summed E-state index contributed by atoms with van der Waals surface area (Å²) in [6, 6.07) is -7.13. The van der Waals surface area contributed by atoms with Gasteiger partial charge in [-0.15, -0.1) is 0 Å². The van der Waals surface area contributed by atoms with Crippen molar-refractivity contribution in [1.29, 1.82) is 0 Å². The van der Waals surface area contributed by atoms with Crippen LogP contribution >= 0.6 is 0 Å². The third kappa shape index (κ3) is 11.9. The summed E-state index contributed by atoms with van der Waals surface area (Å²) in [5.74, 6) is -11.1. The second-order valence-corrected chi connectivity index (χ2v) is 6.93. The minimum absolute atomic E-state index is 0.229. The maximum Gasteiger partial charge on any atom is 0.326 e. The van der Waals surface area contributed by atoms with Crippen molar-refractivity contribution < 1.29 is 58.8 Å².